The van der Waals surface area contributed by atoms with Crippen molar-refractivity contribution in [2.45, 2.75) is 63.7 Å². The Morgan fingerprint density at radius 2 is 2.19 bits per heavy atom. The number of rotatable bonds is 7. The van der Waals surface area contributed by atoms with Gasteiger partial charge < -0.3 is 9.88 Å². The molecule has 0 radical (unpaired) electrons. The number of aromatic nitrogens is 4. The fourth-order valence-electron chi connectivity index (χ4n) is 3.44. The van der Waals surface area contributed by atoms with Crippen LogP contribution in [-0.4, -0.2) is 37.5 Å². The molecule has 0 spiro atoms. The minimum atomic E-state index is 0.0859. The van der Waals surface area contributed by atoms with Crippen LogP contribution in [0.2, 0.25) is 0 Å². The highest BCUT2D eigenvalue weighted by Gasteiger charge is 2.23. The van der Waals surface area contributed by atoms with Gasteiger partial charge in [-0.05, 0) is 37.3 Å². The lowest BCUT2D eigenvalue weighted by Gasteiger charge is -2.29. The lowest BCUT2D eigenvalue weighted by atomic mass is 9.86. The molecule has 1 N–H and O–H groups in total. The first-order chi connectivity index (χ1) is 12.7. The van der Waals surface area contributed by atoms with Crippen molar-refractivity contribution >= 4 is 17.7 Å². The molecule has 6 nitrogen and oxygen atoms in total. The number of hydrogen-bond acceptors (Lipinski definition) is 5. The number of carbonyl (C=O) groups excluding carboxylic acids is 1. The molecular weight excluding hydrogens is 346 g/mol. The second-order valence-corrected chi connectivity index (χ2v) is 7.87. The lowest BCUT2D eigenvalue weighted by molar-refractivity contribution is -0.119. The first kappa shape index (κ1) is 18.9. The third kappa shape index (κ3) is 4.63. The summed E-state index contributed by atoms with van der Waals surface area (Å²) in [6.45, 7) is 5.18. The Kier molecular flexibility index (Phi) is 6.66. The van der Waals surface area contributed by atoms with Gasteiger partial charge in [0.25, 0.3) is 0 Å². The smallest absolute Gasteiger partial charge is 0.230 e. The summed E-state index contributed by atoms with van der Waals surface area (Å²) in [6.07, 6.45) is 9.30. The van der Waals surface area contributed by atoms with Gasteiger partial charge in [-0.25, -0.2) is 0 Å². The number of amides is 1. The molecule has 1 fully saturated rings. The molecular formula is C19H27N5OS. The highest BCUT2D eigenvalue weighted by Crippen LogP contribution is 2.25. The van der Waals surface area contributed by atoms with Gasteiger partial charge in [-0.3, -0.25) is 9.78 Å². The number of carbonyl (C=O) groups is 1. The molecule has 2 aromatic heterocycles. The zero-order chi connectivity index (χ0) is 18.4. The van der Waals surface area contributed by atoms with Crippen molar-refractivity contribution in [3.8, 4) is 11.4 Å². The molecule has 0 bridgehead atoms. The molecule has 2 atom stereocenters. The molecule has 1 saturated carbocycles. The van der Waals surface area contributed by atoms with Gasteiger partial charge in [0.15, 0.2) is 11.0 Å². The van der Waals surface area contributed by atoms with E-state index >= 15 is 0 Å². The van der Waals surface area contributed by atoms with E-state index in [2.05, 4.69) is 38.9 Å². The predicted octanol–water partition coefficient (Wildman–Crippen LogP) is 3.54. The highest BCUT2D eigenvalue weighted by atomic mass is 32.2. The third-order valence-corrected chi connectivity index (χ3v) is 5.84. The fraction of sp³-hybridized carbons (Fsp3) is 0.579. The summed E-state index contributed by atoms with van der Waals surface area (Å²) >= 11 is 1.46. The second kappa shape index (κ2) is 9.16. The summed E-state index contributed by atoms with van der Waals surface area (Å²) in [5.41, 5.74) is 0.945. The van der Waals surface area contributed by atoms with Gasteiger partial charge in [0, 0.05) is 30.5 Å². The van der Waals surface area contributed by atoms with E-state index in [-0.39, 0.29) is 5.91 Å². The molecule has 1 amide bonds. The van der Waals surface area contributed by atoms with Crippen LogP contribution in [-0.2, 0) is 11.3 Å². The number of pyridine rings is 1. The number of thioether (sulfide) groups is 1. The summed E-state index contributed by atoms with van der Waals surface area (Å²) in [5.74, 6) is 1.84. The molecule has 7 heteroatoms. The van der Waals surface area contributed by atoms with Crippen LogP contribution in [0, 0.1) is 5.92 Å². The minimum Gasteiger partial charge on any atom is -0.352 e. The van der Waals surface area contributed by atoms with E-state index in [9.17, 15) is 4.79 Å². The van der Waals surface area contributed by atoms with Gasteiger partial charge in [0.2, 0.25) is 5.91 Å². The maximum atomic E-state index is 12.4. The van der Waals surface area contributed by atoms with Crippen LogP contribution in [0.1, 0.15) is 46.0 Å². The van der Waals surface area contributed by atoms with E-state index < -0.39 is 0 Å². The second-order valence-electron chi connectivity index (χ2n) is 6.92. The molecule has 2 heterocycles. The Bertz CT molecular complexity index is 718. The topological polar surface area (TPSA) is 72.7 Å². The number of nitrogens with one attached hydrogen (secondary N) is 1. The van der Waals surface area contributed by atoms with Gasteiger partial charge in [-0.15, -0.1) is 10.2 Å². The van der Waals surface area contributed by atoms with Crippen molar-refractivity contribution in [1.82, 2.24) is 25.1 Å². The van der Waals surface area contributed by atoms with Crippen LogP contribution in [0.15, 0.2) is 29.7 Å². The summed E-state index contributed by atoms with van der Waals surface area (Å²) < 4.78 is 2.08. The van der Waals surface area contributed by atoms with Crippen molar-refractivity contribution in [2.24, 2.45) is 5.92 Å². The largest absolute Gasteiger partial charge is 0.352 e. The molecule has 0 unspecified atom stereocenters. The minimum absolute atomic E-state index is 0.0859. The molecule has 26 heavy (non-hydrogen) atoms. The van der Waals surface area contributed by atoms with Gasteiger partial charge in [0.05, 0.1) is 5.75 Å². The Balaban J connectivity index is 1.64. The van der Waals surface area contributed by atoms with Crippen LogP contribution in [0.5, 0.6) is 0 Å². The summed E-state index contributed by atoms with van der Waals surface area (Å²) in [6, 6.07) is 4.19. The van der Waals surface area contributed by atoms with Crippen LogP contribution in [0.3, 0.4) is 0 Å². The summed E-state index contributed by atoms with van der Waals surface area (Å²) in [4.78, 5) is 16.5. The van der Waals surface area contributed by atoms with Gasteiger partial charge >= 0.3 is 0 Å². The third-order valence-electron chi connectivity index (χ3n) is 4.87. The molecule has 2 aromatic rings. The van der Waals surface area contributed by atoms with Crippen LogP contribution in [0.4, 0.5) is 0 Å². The SMILES string of the molecule is CCCn1c(SCC(=O)N[C@H]2CCCC[C@@H]2C)nnc1-c1cccnc1. The Hall–Kier alpha value is -1.89. The normalized spacial score (nSPS) is 20.1. The average Bonchev–Trinajstić information content (AvgIpc) is 3.06. The van der Waals surface area contributed by atoms with Crippen LogP contribution >= 0.6 is 11.8 Å². The van der Waals surface area contributed by atoms with Gasteiger partial charge in [-0.1, -0.05) is 38.5 Å². The first-order valence-corrected chi connectivity index (χ1v) is 10.4. The van der Waals surface area contributed by atoms with E-state index in [1.165, 1.54) is 31.0 Å². The molecule has 140 valence electrons. The molecule has 0 saturated heterocycles. The predicted molar refractivity (Wildman–Crippen MR) is 104 cm³/mol. The zero-order valence-electron chi connectivity index (χ0n) is 15.5. The Labute approximate surface area is 159 Å². The Morgan fingerprint density at radius 1 is 1.35 bits per heavy atom. The molecule has 1 aliphatic carbocycles. The van der Waals surface area contributed by atoms with E-state index in [1.54, 1.807) is 12.4 Å². The summed E-state index contributed by atoms with van der Waals surface area (Å²) in [5, 5.41) is 12.6. The van der Waals surface area contributed by atoms with E-state index in [0.717, 1.165) is 35.9 Å². The first-order valence-electron chi connectivity index (χ1n) is 9.44. The van der Waals surface area contributed by atoms with Crippen LogP contribution < -0.4 is 5.32 Å². The zero-order valence-corrected chi connectivity index (χ0v) is 16.3. The van der Waals surface area contributed by atoms with E-state index in [0.29, 0.717) is 17.7 Å². The number of nitrogens with zero attached hydrogens (tertiary/aromatic N) is 4. The maximum Gasteiger partial charge on any atom is 0.230 e. The summed E-state index contributed by atoms with van der Waals surface area (Å²) in [7, 11) is 0. The standard InChI is InChI=1S/C19H27N5OS/c1-3-11-24-18(15-8-6-10-20-12-15)22-23-19(24)26-13-17(25)21-16-9-5-4-7-14(16)2/h6,8,10,12,14,16H,3-5,7,9,11,13H2,1-2H3,(H,21,25)/t14-,16-/m0/s1. The van der Waals surface area contributed by atoms with Crippen LogP contribution in [0.25, 0.3) is 11.4 Å². The van der Waals surface area contributed by atoms with Crippen molar-refractivity contribution in [3.63, 3.8) is 0 Å². The fourth-order valence-corrected chi connectivity index (χ4v) is 4.21. The van der Waals surface area contributed by atoms with Gasteiger partial charge in [0.1, 0.15) is 0 Å². The lowest BCUT2D eigenvalue weighted by Crippen LogP contribution is -2.41. The quantitative estimate of drug-likeness (QED) is 0.752. The average molecular weight is 374 g/mol. The molecule has 3 rings (SSSR count). The maximum absolute atomic E-state index is 12.4. The molecule has 0 aliphatic heterocycles. The molecule has 0 aromatic carbocycles. The number of hydrogen-bond donors (Lipinski definition) is 1. The van der Waals surface area contributed by atoms with Crippen molar-refractivity contribution in [3.05, 3.63) is 24.5 Å². The molecule has 1 aliphatic rings. The van der Waals surface area contributed by atoms with Crippen molar-refractivity contribution < 1.29 is 4.79 Å². The van der Waals surface area contributed by atoms with Crippen molar-refractivity contribution in [2.75, 3.05) is 5.75 Å². The Morgan fingerprint density at radius 3 is 2.92 bits per heavy atom. The van der Waals surface area contributed by atoms with Gasteiger partial charge in [-0.2, -0.15) is 0 Å². The highest BCUT2D eigenvalue weighted by molar-refractivity contribution is 7.99. The van der Waals surface area contributed by atoms with E-state index in [4.69, 9.17) is 0 Å². The monoisotopic (exact) mass is 373 g/mol. The van der Waals surface area contributed by atoms with Crippen molar-refractivity contribution in [1.29, 1.82) is 0 Å². The van der Waals surface area contributed by atoms with E-state index in [1.807, 2.05) is 12.1 Å².